The van der Waals surface area contributed by atoms with Crippen molar-refractivity contribution < 1.29 is 9.53 Å². The smallest absolute Gasteiger partial charge is 0.251 e. The van der Waals surface area contributed by atoms with Gasteiger partial charge in [-0.05, 0) is 47.2 Å². The minimum absolute atomic E-state index is 0.0468. The van der Waals surface area contributed by atoms with Gasteiger partial charge in [0.05, 0.1) is 17.7 Å². The van der Waals surface area contributed by atoms with Gasteiger partial charge in [0, 0.05) is 16.2 Å². The molecule has 1 aromatic rings. The highest BCUT2D eigenvalue weighted by atomic mass is 127. The van der Waals surface area contributed by atoms with Crippen LogP contribution in [0.5, 0.6) is 0 Å². The topological polar surface area (TPSA) is 38.3 Å². The summed E-state index contributed by atoms with van der Waals surface area (Å²) in [5.41, 5.74) is 0.581. The van der Waals surface area contributed by atoms with Gasteiger partial charge in [-0.2, -0.15) is 0 Å². The van der Waals surface area contributed by atoms with Crippen LogP contribution in [0.2, 0.25) is 5.02 Å². The number of hydrogen-bond acceptors (Lipinski definition) is 2. The number of rotatable bonds is 6. The molecule has 1 N–H and O–H groups in total. The van der Waals surface area contributed by atoms with Gasteiger partial charge >= 0.3 is 0 Å². The van der Waals surface area contributed by atoms with E-state index >= 15 is 0 Å². The van der Waals surface area contributed by atoms with E-state index in [1.807, 2.05) is 6.07 Å². The molecular weight excluding hydrogens is 365 g/mol. The number of halogens is 2. The maximum absolute atomic E-state index is 12.0. The molecule has 1 aromatic carbocycles. The van der Waals surface area contributed by atoms with Crippen LogP contribution in [0, 0.1) is 3.57 Å². The molecule has 100 valence electrons. The Morgan fingerprint density at radius 3 is 2.83 bits per heavy atom. The maximum Gasteiger partial charge on any atom is 0.251 e. The van der Waals surface area contributed by atoms with Gasteiger partial charge in [0.15, 0.2) is 0 Å². The van der Waals surface area contributed by atoms with Crippen LogP contribution in [-0.4, -0.2) is 25.7 Å². The molecular formula is C13H17ClINO2. The quantitative estimate of drug-likeness (QED) is 0.766. The Bertz CT molecular complexity index is 406. The standard InChI is InChI=1S/C13H17ClINO2/c1-3-4-10(8-18-2)16-13(17)9-5-6-12(15)11(14)7-9/h5-7,10H,3-4,8H2,1-2H3,(H,16,17). The van der Waals surface area contributed by atoms with Crippen LogP contribution in [0.15, 0.2) is 18.2 Å². The van der Waals surface area contributed by atoms with Gasteiger partial charge in [-0.25, -0.2) is 0 Å². The maximum atomic E-state index is 12.0. The molecule has 0 radical (unpaired) electrons. The molecule has 3 nitrogen and oxygen atoms in total. The van der Waals surface area contributed by atoms with E-state index in [-0.39, 0.29) is 11.9 Å². The van der Waals surface area contributed by atoms with E-state index in [0.29, 0.717) is 17.2 Å². The van der Waals surface area contributed by atoms with Gasteiger partial charge in [0.1, 0.15) is 0 Å². The van der Waals surface area contributed by atoms with Crippen molar-refractivity contribution >= 4 is 40.1 Å². The fourth-order valence-corrected chi connectivity index (χ4v) is 2.17. The lowest BCUT2D eigenvalue weighted by Crippen LogP contribution is -2.37. The predicted octanol–water partition coefficient (Wildman–Crippen LogP) is 3.49. The van der Waals surface area contributed by atoms with Crippen molar-refractivity contribution in [3.8, 4) is 0 Å². The number of amides is 1. The third-order valence-electron chi connectivity index (χ3n) is 2.52. The third kappa shape index (κ3) is 4.74. The summed E-state index contributed by atoms with van der Waals surface area (Å²) in [7, 11) is 1.64. The number of carbonyl (C=O) groups excluding carboxylic acids is 1. The zero-order valence-electron chi connectivity index (χ0n) is 10.5. The normalized spacial score (nSPS) is 12.2. The molecule has 0 fully saturated rings. The lowest BCUT2D eigenvalue weighted by molar-refractivity contribution is 0.0891. The third-order valence-corrected chi connectivity index (χ3v) is 4.09. The fraction of sp³-hybridized carbons (Fsp3) is 0.462. The molecule has 0 aliphatic heterocycles. The zero-order chi connectivity index (χ0) is 13.5. The van der Waals surface area contributed by atoms with Crippen molar-refractivity contribution in [2.75, 3.05) is 13.7 Å². The van der Waals surface area contributed by atoms with E-state index in [2.05, 4.69) is 34.8 Å². The summed E-state index contributed by atoms with van der Waals surface area (Å²) in [4.78, 5) is 12.0. The van der Waals surface area contributed by atoms with Gasteiger partial charge in [-0.1, -0.05) is 24.9 Å². The van der Waals surface area contributed by atoms with Crippen LogP contribution >= 0.6 is 34.2 Å². The van der Waals surface area contributed by atoms with Crippen LogP contribution in [0.25, 0.3) is 0 Å². The van der Waals surface area contributed by atoms with Crippen molar-refractivity contribution in [2.45, 2.75) is 25.8 Å². The molecule has 0 saturated heterocycles. The molecule has 0 aliphatic carbocycles. The second kappa shape index (κ2) is 7.96. The molecule has 0 spiro atoms. The van der Waals surface area contributed by atoms with Crippen molar-refractivity contribution in [2.24, 2.45) is 0 Å². The molecule has 1 amide bonds. The Labute approximate surface area is 126 Å². The van der Waals surface area contributed by atoms with Crippen LogP contribution in [0.3, 0.4) is 0 Å². The second-order valence-corrected chi connectivity index (χ2v) is 5.61. The highest BCUT2D eigenvalue weighted by molar-refractivity contribution is 14.1. The average Bonchev–Trinajstić information content (AvgIpc) is 2.33. The Morgan fingerprint density at radius 1 is 1.56 bits per heavy atom. The summed E-state index contributed by atoms with van der Waals surface area (Å²) in [5, 5.41) is 3.56. The van der Waals surface area contributed by atoms with Crippen molar-refractivity contribution in [3.05, 3.63) is 32.4 Å². The Morgan fingerprint density at radius 2 is 2.28 bits per heavy atom. The molecule has 1 atom stereocenters. The van der Waals surface area contributed by atoms with Crippen LogP contribution < -0.4 is 5.32 Å². The molecule has 18 heavy (non-hydrogen) atoms. The average molecular weight is 382 g/mol. The molecule has 1 unspecified atom stereocenters. The molecule has 0 aromatic heterocycles. The predicted molar refractivity (Wildman–Crippen MR) is 82.2 cm³/mol. The first kappa shape index (κ1) is 15.7. The minimum Gasteiger partial charge on any atom is -0.383 e. The number of nitrogens with one attached hydrogen (secondary N) is 1. The first-order chi connectivity index (χ1) is 8.58. The molecule has 0 heterocycles. The summed E-state index contributed by atoms with van der Waals surface area (Å²) in [6, 6.07) is 5.35. The molecule has 0 bridgehead atoms. The van der Waals surface area contributed by atoms with E-state index < -0.39 is 0 Å². The summed E-state index contributed by atoms with van der Waals surface area (Å²) in [6.45, 7) is 2.61. The summed E-state index contributed by atoms with van der Waals surface area (Å²) in [5.74, 6) is -0.108. The van der Waals surface area contributed by atoms with E-state index in [1.54, 1.807) is 19.2 Å². The van der Waals surface area contributed by atoms with Crippen LogP contribution in [-0.2, 0) is 4.74 Å². The SMILES string of the molecule is CCCC(COC)NC(=O)c1ccc(I)c(Cl)c1. The molecule has 0 saturated carbocycles. The van der Waals surface area contributed by atoms with Gasteiger partial charge in [-0.3, -0.25) is 4.79 Å². The highest BCUT2D eigenvalue weighted by Gasteiger charge is 2.13. The van der Waals surface area contributed by atoms with Gasteiger partial charge in [0.2, 0.25) is 0 Å². The van der Waals surface area contributed by atoms with Crippen LogP contribution in [0.1, 0.15) is 30.1 Å². The first-order valence-corrected chi connectivity index (χ1v) is 7.29. The number of methoxy groups -OCH3 is 1. The summed E-state index contributed by atoms with van der Waals surface area (Å²) >= 11 is 8.14. The fourth-order valence-electron chi connectivity index (χ4n) is 1.65. The minimum atomic E-state index is -0.108. The Kier molecular flexibility index (Phi) is 6.96. The Hall–Kier alpha value is -0.330. The van der Waals surface area contributed by atoms with Crippen molar-refractivity contribution in [1.82, 2.24) is 5.32 Å². The lowest BCUT2D eigenvalue weighted by atomic mass is 10.1. The summed E-state index contributed by atoms with van der Waals surface area (Å²) < 4.78 is 6.03. The Balaban J connectivity index is 2.70. The molecule has 0 aliphatic rings. The monoisotopic (exact) mass is 381 g/mol. The zero-order valence-corrected chi connectivity index (χ0v) is 13.4. The molecule has 1 rings (SSSR count). The highest BCUT2D eigenvalue weighted by Crippen LogP contribution is 2.19. The molecule has 5 heteroatoms. The van der Waals surface area contributed by atoms with Gasteiger partial charge in [0.25, 0.3) is 5.91 Å². The van der Waals surface area contributed by atoms with Crippen LogP contribution in [0.4, 0.5) is 0 Å². The van der Waals surface area contributed by atoms with Gasteiger partial charge in [-0.15, -0.1) is 0 Å². The van der Waals surface area contributed by atoms with E-state index in [1.165, 1.54) is 0 Å². The number of ether oxygens (including phenoxy) is 1. The van der Waals surface area contributed by atoms with Gasteiger partial charge < -0.3 is 10.1 Å². The van der Waals surface area contributed by atoms with Crippen molar-refractivity contribution in [3.63, 3.8) is 0 Å². The van der Waals surface area contributed by atoms with E-state index in [0.717, 1.165) is 16.4 Å². The number of hydrogen-bond donors (Lipinski definition) is 1. The number of carbonyl (C=O) groups is 1. The van der Waals surface area contributed by atoms with Crippen molar-refractivity contribution in [1.29, 1.82) is 0 Å². The van der Waals surface area contributed by atoms with E-state index in [9.17, 15) is 4.79 Å². The number of benzene rings is 1. The largest absolute Gasteiger partial charge is 0.383 e. The first-order valence-electron chi connectivity index (χ1n) is 5.83. The van der Waals surface area contributed by atoms with E-state index in [4.69, 9.17) is 16.3 Å². The lowest BCUT2D eigenvalue weighted by Gasteiger charge is -2.17. The summed E-state index contributed by atoms with van der Waals surface area (Å²) in [6.07, 6.45) is 1.90. The second-order valence-electron chi connectivity index (χ2n) is 4.04.